The Kier molecular flexibility index (Phi) is 3.91. The molecule has 7 heteroatoms. The molecule has 0 aromatic carbocycles. The van der Waals surface area contributed by atoms with Gasteiger partial charge in [-0.2, -0.15) is 15.1 Å². The lowest BCUT2D eigenvalue weighted by Gasteiger charge is -2.22. The minimum Gasteiger partial charge on any atom is -0.391 e. The van der Waals surface area contributed by atoms with Gasteiger partial charge in [0, 0.05) is 6.54 Å². The average molecular weight is 284 g/mol. The standard InChI is InChI=1S/C12H18ClN5O/c1-12(2,3)4-7(19)5-14-9-8-6-15-18-10(8)17-11(13)16-9/h6-7,19H,4-5H2,1-3H3,(H2,14,15,16,17,18). The third-order valence-corrected chi connectivity index (χ3v) is 2.80. The maximum atomic E-state index is 9.98. The van der Waals surface area contributed by atoms with Gasteiger partial charge in [0.2, 0.25) is 5.28 Å². The predicted molar refractivity (Wildman–Crippen MR) is 75.3 cm³/mol. The van der Waals surface area contributed by atoms with Crippen LogP contribution in [-0.4, -0.2) is 37.9 Å². The van der Waals surface area contributed by atoms with Crippen molar-refractivity contribution in [2.45, 2.75) is 33.3 Å². The normalized spacial score (nSPS) is 13.7. The second-order valence-corrected chi connectivity index (χ2v) is 6.11. The van der Waals surface area contributed by atoms with E-state index < -0.39 is 6.10 Å². The molecule has 19 heavy (non-hydrogen) atoms. The molecule has 0 aliphatic carbocycles. The third kappa shape index (κ3) is 3.78. The van der Waals surface area contributed by atoms with Crippen LogP contribution in [0.25, 0.3) is 11.0 Å². The van der Waals surface area contributed by atoms with Crippen LogP contribution in [0.2, 0.25) is 5.28 Å². The molecule has 0 radical (unpaired) electrons. The van der Waals surface area contributed by atoms with E-state index in [0.29, 0.717) is 24.4 Å². The van der Waals surface area contributed by atoms with Crippen molar-refractivity contribution in [3.05, 3.63) is 11.5 Å². The highest BCUT2D eigenvalue weighted by molar-refractivity contribution is 6.28. The molecular weight excluding hydrogens is 266 g/mol. The van der Waals surface area contributed by atoms with Crippen LogP contribution in [0, 0.1) is 5.41 Å². The summed E-state index contributed by atoms with van der Waals surface area (Å²) in [5.41, 5.74) is 0.655. The number of nitrogens with zero attached hydrogens (tertiary/aromatic N) is 3. The smallest absolute Gasteiger partial charge is 0.226 e. The Bertz CT molecular complexity index is 563. The zero-order chi connectivity index (χ0) is 14.0. The molecule has 0 aliphatic heterocycles. The van der Waals surface area contributed by atoms with Crippen LogP contribution < -0.4 is 5.32 Å². The Morgan fingerprint density at radius 3 is 2.84 bits per heavy atom. The van der Waals surface area contributed by atoms with Crippen molar-refractivity contribution >= 4 is 28.5 Å². The molecule has 2 rings (SSSR count). The molecule has 2 aromatic heterocycles. The van der Waals surface area contributed by atoms with Crippen molar-refractivity contribution in [3.8, 4) is 0 Å². The van der Waals surface area contributed by atoms with E-state index in [1.165, 1.54) is 0 Å². The van der Waals surface area contributed by atoms with E-state index in [4.69, 9.17) is 11.6 Å². The molecule has 2 heterocycles. The van der Waals surface area contributed by atoms with Crippen molar-refractivity contribution in [2.24, 2.45) is 5.41 Å². The molecule has 0 aliphatic rings. The van der Waals surface area contributed by atoms with Crippen LogP contribution in [0.1, 0.15) is 27.2 Å². The molecule has 0 bridgehead atoms. The van der Waals surface area contributed by atoms with Gasteiger partial charge in [-0.05, 0) is 23.4 Å². The first-order valence-electron chi connectivity index (χ1n) is 6.14. The molecule has 2 aromatic rings. The number of halogens is 1. The lowest BCUT2D eigenvalue weighted by molar-refractivity contribution is 0.132. The topological polar surface area (TPSA) is 86.7 Å². The summed E-state index contributed by atoms with van der Waals surface area (Å²) in [6, 6.07) is 0. The van der Waals surface area contributed by atoms with E-state index in [9.17, 15) is 5.11 Å². The van der Waals surface area contributed by atoms with Gasteiger partial charge in [0.15, 0.2) is 5.65 Å². The molecule has 0 amide bonds. The number of H-pyrrole nitrogens is 1. The predicted octanol–water partition coefficient (Wildman–Crippen LogP) is 2.22. The van der Waals surface area contributed by atoms with Crippen molar-refractivity contribution < 1.29 is 5.11 Å². The number of hydrogen-bond donors (Lipinski definition) is 3. The third-order valence-electron chi connectivity index (χ3n) is 2.64. The number of aliphatic hydroxyl groups is 1. The van der Waals surface area contributed by atoms with Crippen LogP contribution in [0.5, 0.6) is 0 Å². The van der Waals surface area contributed by atoms with E-state index in [1.807, 2.05) is 0 Å². The Morgan fingerprint density at radius 2 is 2.16 bits per heavy atom. The minimum absolute atomic E-state index is 0.0787. The van der Waals surface area contributed by atoms with Gasteiger partial charge in [0.05, 0.1) is 17.7 Å². The SMILES string of the molecule is CC(C)(C)CC(O)CNc1nc(Cl)nc2[nH]ncc12. The molecule has 0 fully saturated rings. The van der Waals surface area contributed by atoms with E-state index in [2.05, 4.69) is 46.3 Å². The number of anilines is 1. The first-order chi connectivity index (χ1) is 8.85. The first-order valence-corrected chi connectivity index (χ1v) is 6.51. The molecule has 3 N–H and O–H groups in total. The number of nitrogens with one attached hydrogen (secondary N) is 2. The largest absolute Gasteiger partial charge is 0.391 e. The second kappa shape index (κ2) is 5.30. The van der Waals surface area contributed by atoms with E-state index >= 15 is 0 Å². The fourth-order valence-corrected chi connectivity index (χ4v) is 2.10. The molecule has 0 saturated heterocycles. The van der Waals surface area contributed by atoms with E-state index in [-0.39, 0.29) is 10.7 Å². The summed E-state index contributed by atoms with van der Waals surface area (Å²) in [5.74, 6) is 0.580. The molecule has 0 spiro atoms. The van der Waals surface area contributed by atoms with Crippen molar-refractivity contribution in [3.63, 3.8) is 0 Å². The maximum Gasteiger partial charge on any atom is 0.226 e. The highest BCUT2D eigenvalue weighted by atomic mass is 35.5. The maximum absolute atomic E-state index is 9.98. The molecular formula is C12H18ClN5O. The van der Waals surface area contributed by atoms with Gasteiger partial charge in [-0.15, -0.1) is 0 Å². The van der Waals surface area contributed by atoms with Gasteiger partial charge in [-0.25, -0.2) is 0 Å². The Labute approximate surface area is 116 Å². The van der Waals surface area contributed by atoms with Crippen LogP contribution in [0.15, 0.2) is 6.20 Å². The number of hydrogen-bond acceptors (Lipinski definition) is 5. The summed E-state index contributed by atoms with van der Waals surface area (Å²) in [7, 11) is 0. The Balaban J connectivity index is 2.07. The lowest BCUT2D eigenvalue weighted by Crippen LogP contribution is -2.25. The Hall–Kier alpha value is -1.40. The van der Waals surface area contributed by atoms with Gasteiger partial charge in [0.25, 0.3) is 0 Å². The van der Waals surface area contributed by atoms with Crippen LogP contribution >= 0.6 is 11.6 Å². The lowest BCUT2D eigenvalue weighted by atomic mass is 9.89. The van der Waals surface area contributed by atoms with Crippen molar-refractivity contribution in [2.75, 3.05) is 11.9 Å². The monoisotopic (exact) mass is 283 g/mol. The van der Waals surface area contributed by atoms with Crippen molar-refractivity contribution in [1.82, 2.24) is 20.2 Å². The summed E-state index contributed by atoms with van der Waals surface area (Å²) in [4.78, 5) is 8.13. The zero-order valence-electron chi connectivity index (χ0n) is 11.2. The van der Waals surface area contributed by atoms with Crippen LogP contribution in [-0.2, 0) is 0 Å². The fourth-order valence-electron chi connectivity index (χ4n) is 1.94. The van der Waals surface area contributed by atoms with Gasteiger partial charge in [0.1, 0.15) is 5.82 Å². The van der Waals surface area contributed by atoms with Crippen molar-refractivity contribution in [1.29, 1.82) is 0 Å². The van der Waals surface area contributed by atoms with Crippen LogP contribution in [0.3, 0.4) is 0 Å². The van der Waals surface area contributed by atoms with Gasteiger partial charge >= 0.3 is 0 Å². The van der Waals surface area contributed by atoms with E-state index in [0.717, 1.165) is 5.39 Å². The number of aromatic amines is 1. The number of aliphatic hydroxyl groups excluding tert-OH is 1. The minimum atomic E-state index is -0.448. The Morgan fingerprint density at radius 1 is 1.42 bits per heavy atom. The summed E-state index contributed by atoms with van der Waals surface area (Å²) in [6.45, 7) is 6.68. The summed E-state index contributed by atoms with van der Waals surface area (Å²) in [5, 5.41) is 20.6. The molecule has 1 atom stereocenters. The summed E-state index contributed by atoms with van der Waals surface area (Å²) >= 11 is 5.83. The molecule has 1 unspecified atom stereocenters. The molecule has 0 saturated carbocycles. The average Bonchev–Trinajstić information content (AvgIpc) is 2.71. The first kappa shape index (κ1) is 14.0. The van der Waals surface area contributed by atoms with Gasteiger partial charge < -0.3 is 10.4 Å². The molecule has 104 valence electrons. The van der Waals surface area contributed by atoms with E-state index in [1.54, 1.807) is 6.20 Å². The second-order valence-electron chi connectivity index (χ2n) is 5.77. The van der Waals surface area contributed by atoms with Crippen LogP contribution in [0.4, 0.5) is 5.82 Å². The fraction of sp³-hybridized carbons (Fsp3) is 0.583. The highest BCUT2D eigenvalue weighted by Gasteiger charge is 2.17. The summed E-state index contributed by atoms with van der Waals surface area (Å²) < 4.78 is 0. The number of fused-ring (bicyclic) bond motifs is 1. The highest BCUT2D eigenvalue weighted by Crippen LogP contribution is 2.22. The van der Waals surface area contributed by atoms with Gasteiger partial charge in [-0.3, -0.25) is 5.10 Å². The zero-order valence-corrected chi connectivity index (χ0v) is 12.0. The summed E-state index contributed by atoms with van der Waals surface area (Å²) in [6.07, 6.45) is 1.88. The van der Waals surface area contributed by atoms with Gasteiger partial charge in [-0.1, -0.05) is 20.8 Å². The molecule has 6 nitrogen and oxygen atoms in total. The number of aromatic nitrogens is 4. The number of rotatable bonds is 4. The quantitative estimate of drug-likeness (QED) is 0.749.